The van der Waals surface area contributed by atoms with Crippen LogP contribution in [-0.2, 0) is 14.3 Å². The molecule has 0 heterocycles. The summed E-state index contributed by atoms with van der Waals surface area (Å²) in [6.07, 6.45) is 1.02. The highest BCUT2D eigenvalue weighted by Crippen LogP contribution is 2.13. The van der Waals surface area contributed by atoms with Gasteiger partial charge in [0.25, 0.3) is 0 Å². The first-order valence-corrected chi connectivity index (χ1v) is 6.70. The van der Waals surface area contributed by atoms with Crippen LogP contribution in [0.3, 0.4) is 0 Å². The zero-order chi connectivity index (χ0) is 15.0. The maximum Gasteiger partial charge on any atom is 0.305 e. The van der Waals surface area contributed by atoms with E-state index in [-0.39, 0.29) is 18.4 Å². The second-order valence-electron chi connectivity index (χ2n) is 4.47. The zero-order valence-electron chi connectivity index (χ0n) is 11.7. The molecule has 1 amide bonds. The molecule has 0 aromatic heterocycles. The Balaban J connectivity index is 2.27. The van der Waals surface area contributed by atoms with Gasteiger partial charge in [-0.1, -0.05) is 11.6 Å². The molecule has 1 aromatic rings. The van der Waals surface area contributed by atoms with Crippen molar-refractivity contribution in [1.82, 2.24) is 4.90 Å². The second kappa shape index (κ2) is 8.55. The van der Waals surface area contributed by atoms with E-state index in [1.807, 2.05) is 11.9 Å². The van der Waals surface area contributed by atoms with Gasteiger partial charge in [0.2, 0.25) is 5.91 Å². The van der Waals surface area contributed by atoms with Gasteiger partial charge in [-0.15, -0.1) is 0 Å². The molecule has 1 aromatic carbocycles. The van der Waals surface area contributed by atoms with E-state index >= 15 is 0 Å². The summed E-state index contributed by atoms with van der Waals surface area (Å²) >= 11 is 5.77. The Morgan fingerprint density at radius 3 is 2.55 bits per heavy atom. The summed E-state index contributed by atoms with van der Waals surface area (Å²) in [4.78, 5) is 24.6. The van der Waals surface area contributed by atoms with E-state index in [0.29, 0.717) is 30.1 Å². The summed E-state index contributed by atoms with van der Waals surface area (Å²) in [5.74, 6) is -0.336. The van der Waals surface area contributed by atoms with Gasteiger partial charge in [-0.25, -0.2) is 0 Å². The number of likely N-dealkylation sites (N-methyl/N-ethyl adjacent to an activating group) is 1. The molecular formula is C14H19ClN2O3. The largest absolute Gasteiger partial charge is 0.469 e. The van der Waals surface area contributed by atoms with Crippen molar-refractivity contribution >= 4 is 29.2 Å². The van der Waals surface area contributed by atoms with Crippen molar-refractivity contribution in [3.05, 3.63) is 29.3 Å². The predicted molar refractivity (Wildman–Crippen MR) is 78.8 cm³/mol. The summed E-state index contributed by atoms with van der Waals surface area (Å²) in [6.45, 7) is 0.924. The number of rotatable bonds is 7. The van der Waals surface area contributed by atoms with Gasteiger partial charge in [0, 0.05) is 17.1 Å². The molecule has 20 heavy (non-hydrogen) atoms. The first-order valence-electron chi connectivity index (χ1n) is 6.32. The number of hydrogen-bond acceptors (Lipinski definition) is 4. The Morgan fingerprint density at radius 1 is 1.30 bits per heavy atom. The number of benzene rings is 1. The third-order valence-electron chi connectivity index (χ3n) is 2.69. The van der Waals surface area contributed by atoms with Crippen molar-refractivity contribution in [3.63, 3.8) is 0 Å². The minimum Gasteiger partial charge on any atom is -0.469 e. The summed E-state index contributed by atoms with van der Waals surface area (Å²) in [5.41, 5.74) is 0.711. The van der Waals surface area contributed by atoms with Crippen molar-refractivity contribution in [2.75, 3.05) is 32.6 Å². The molecule has 110 valence electrons. The molecule has 6 heteroatoms. The van der Waals surface area contributed by atoms with Crippen LogP contribution in [0.2, 0.25) is 5.02 Å². The molecule has 0 aliphatic heterocycles. The van der Waals surface area contributed by atoms with Crippen molar-refractivity contribution < 1.29 is 14.3 Å². The Morgan fingerprint density at radius 2 is 1.95 bits per heavy atom. The van der Waals surface area contributed by atoms with Crippen LogP contribution in [0.5, 0.6) is 0 Å². The van der Waals surface area contributed by atoms with Crippen molar-refractivity contribution in [2.24, 2.45) is 0 Å². The minimum absolute atomic E-state index is 0.104. The summed E-state index contributed by atoms with van der Waals surface area (Å²) in [7, 11) is 3.20. The molecule has 0 saturated carbocycles. The number of carbonyl (C=O) groups excluding carboxylic acids is 2. The van der Waals surface area contributed by atoms with E-state index in [2.05, 4.69) is 10.1 Å². The third kappa shape index (κ3) is 6.54. The smallest absolute Gasteiger partial charge is 0.305 e. The number of carbonyl (C=O) groups is 2. The van der Waals surface area contributed by atoms with E-state index in [0.717, 1.165) is 0 Å². The highest BCUT2D eigenvalue weighted by atomic mass is 35.5. The van der Waals surface area contributed by atoms with E-state index < -0.39 is 0 Å². The van der Waals surface area contributed by atoms with Gasteiger partial charge >= 0.3 is 5.97 Å². The molecule has 0 unspecified atom stereocenters. The lowest BCUT2D eigenvalue weighted by Crippen LogP contribution is -2.31. The third-order valence-corrected chi connectivity index (χ3v) is 2.94. The highest BCUT2D eigenvalue weighted by molar-refractivity contribution is 6.30. The Hall–Kier alpha value is -1.59. The van der Waals surface area contributed by atoms with Gasteiger partial charge in [-0.05, 0) is 44.3 Å². The van der Waals surface area contributed by atoms with Crippen LogP contribution in [0.15, 0.2) is 24.3 Å². The van der Waals surface area contributed by atoms with Crippen LogP contribution in [0.1, 0.15) is 12.8 Å². The molecule has 0 spiro atoms. The van der Waals surface area contributed by atoms with E-state index in [1.165, 1.54) is 7.11 Å². The van der Waals surface area contributed by atoms with Crippen LogP contribution in [0, 0.1) is 0 Å². The van der Waals surface area contributed by atoms with E-state index in [9.17, 15) is 9.59 Å². The first-order chi connectivity index (χ1) is 9.51. The lowest BCUT2D eigenvalue weighted by Gasteiger charge is -2.15. The van der Waals surface area contributed by atoms with Crippen LogP contribution in [0.25, 0.3) is 0 Å². The second-order valence-corrected chi connectivity index (χ2v) is 4.91. The molecule has 0 saturated heterocycles. The molecule has 1 rings (SSSR count). The van der Waals surface area contributed by atoms with Crippen LogP contribution >= 0.6 is 11.6 Å². The number of halogens is 1. The van der Waals surface area contributed by atoms with Crippen molar-refractivity contribution in [2.45, 2.75) is 12.8 Å². The van der Waals surface area contributed by atoms with Gasteiger partial charge in [-0.2, -0.15) is 0 Å². The topological polar surface area (TPSA) is 58.6 Å². The number of anilines is 1. The number of methoxy groups -OCH3 is 1. The molecule has 0 aliphatic carbocycles. The molecule has 0 bridgehead atoms. The predicted octanol–water partition coefficient (Wildman–Crippen LogP) is 2.16. The van der Waals surface area contributed by atoms with Crippen molar-refractivity contribution in [3.8, 4) is 0 Å². The Kier molecular flexibility index (Phi) is 7.04. The number of esters is 1. The summed E-state index contributed by atoms with van der Waals surface area (Å²) in [6, 6.07) is 6.93. The van der Waals surface area contributed by atoms with Gasteiger partial charge in [0.05, 0.1) is 13.7 Å². The van der Waals surface area contributed by atoms with Gasteiger partial charge in [0.1, 0.15) is 0 Å². The lowest BCUT2D eigenvalue weighted by atomic mass is 10.3. The maximum atomic E-state index is 11.8. The quantitative estimate of drug-likeness (QED) is 0.784. The zero-order valence-corrected chi connectivity index (χ0v) is 12.4. The molecule has 1 N–H and O–H groups in total. The number of ether oxygens (including phenoxy) is 1. The summed E-state index contributed by atoms with van der Waals surface area (Å²) in [5, 5.41) is 3.41. The molecular weight excluding hydrogens is 280 g/mol. The fourth-order valence-corrected chi connectivity index (χ4v) is 1.78. The number of amides is 1. The van der Waals surface area contributed by atoms with Gasteiger partial charge in [-0.3, -0.25) is 14.5 Å². The first kappa shape index (κ1) is 16.5. The SMILES string of the molecule is COC(=O)CCCN(C)CC(=O)Nc1ccc(Cl)cc1. The molecule has 0 aliphatic rings. The number of hydrogen-bond donors (Lipinski definition) is 1. The normalized spacial score (nSPS) is 10.4. The molecule has 5 nitrogen and oxygen atoms in total. The van der Waals surface area contributed by atoms with E-state index in [4.69, 9.17) is 11.6 Å². The van der Waals surface area contributed by atoms with Crippen LogP contribution in [0.4, 0.5) is 5.69 Å². The van der Waals surface area contributed by atoms with Crippen LogP contribution < -0.4 is 5.32 Å². The standard InChI is InChI=1S/C14H19ClN2O3/c1-17(9-3-4-14(19)20-2)10-13(18)16-12-7-5-11(15)6-8-12/h5-8H,3-4,9-10H2,1-2H3,(H,16,18). The lowest BCUT2D eigenvalue weighted by molar-refractivity contribution is -0.140. The van der Waals surface area contributed by atoms with E-state index in [1.54, 1.807) is 24.3 Å². The number of nitrogens with zero attached hydrogens (tertiary/aromatic N) is 1. The Labute approximate surface area is 123 Å². The molecule has 0 fully saturated rings. The summed E-state index contributed by atoms with van der Waals surface area (Å²) < 4.78 is 4.55. The maximum absolute atomic E-state index is 11.8. The average Bonchev–Trinajstić information content (AvgIpc) is 2.41. The van der Waals surface area contributed by atoms with Gasteiger partial charge < -0.3 is 10.1 Å². The average molecular weight is 299 g/mol. The minimum atomic E-state index is -0.232. The fraction of sp³-hybridized carbons (Fsp3) is 0.429. The van der Waals surface area contributed by atoms with Gasteiger partial charge in [0.15, 0.2) is 0 Å². The molecule has 0 atom stereocenters. The van der Waals surface area contributed by atoms with Crippen LogP contribution in [-0.4, -0.2) is 44.0 Å². The highest BCUT2D eigenvalue weighted by Gasteiger charge is 2.08. The monoisotopic (exact) mass is 298 g/mol. The van der Waals surface area contributed by atoms with Crippen molar-refractivity contribution in [1.29, 1.82) is 0 Å². The Bertz CT molecular complexity index is 448. The fourth-order valence-electron chi connectivity index (χ4n) is 1.65. The number of nitrogens with one attached hydrogen (secondary N) is 1. The molecule has 0 radical (unpaired) electrons.